The Bertz CT molecular complexity index is 591. The zero-order valence-electron chi connectivity index (χ0n) is 10.9. The Balaban J connectivity index is 2.12. The van der Waals surface area contributed by atoms with E-state index in [0.29, 0.717) is 21.6 Å². The van der Waals surface area contributed by atoms with Gasteiger partial charge < -0.3 is 9.67 Å². The second-order valence-electron chi connectivity index (χ2n) is 4.08. The van der Waals surface area contributed by atoms with E-state index in [0.717, 1.165) is 23.8 Å². The quantitative estimate of drug-likeness (QED) is 0.823. The number of halogens is 2. The first-order chi connectivity index (χ1) is 9.65. The Morgan fingerprint density at radius 2 is 2.15 bits per heavy atom. The molecule has 0 saturated carbocycles. The van der Waals surface area contributed by atoms with Gasteiger partial charge in [-0.2, -0.15) is 0 Å². The second-order valence-corrected chi connectivity index (χ2v) is 5.87. The van der Waals surface area contributed by atoms with Crippen LogP contribution in [0.15, 0.2) is 17.4 Å². The number of rotatable bonds is 6. The molecular weight excluding hydrogens is 319 g/mol. The van der Waals surface area contributed by atoms with Crippen molar-refractivity contribution in [2.45, 2.75) is 37.4 Å². The van der Waals surface area contributed by atoms with Crippen LogP contribution in [0, 0.1) is 0 Å². The maximum absolute atomic E-state index is 9.24. The molecule has 2 rings (SSSR count). The number of thioether (sulfide) groups is 1. The Kier molecular flexibility index (Phi) is 5.65. The van der Waals surface area contributed by atoms with Crippen LogP contribution in [0.2, 0.25) is 10.0 Å². The van der Waals surface area contributed by atoms with E-state index >= 15 is 0 Å². The van der Waals surface area contributed by atoms with Crippen molar-refractivity contribution < 1.29 is 5.11 Å². The molecule has 0 saturated heterocycles. The molecule has 0 fully saturated rings. The number of aromatic nitrogens is 4. The lowest BCUT2D eigenvalue weighted by atomic mass is 10.4. The van der Waals surface area contributed by atoms with Gasteiger partial charge in [0.2, 0.25) is 0 Å². The van der Waals surface area contributed by atoms with Gasteiger partial charge in [0.15, 0.2) is 11.0 Å². The highest BCUT2D eigenvalue weighted by atomic mass is 35.5. The van der Waals surface area contributed by atoms with Crippen LogP contribution < -0.4 is 0 Å². The minimum Gasteiger partial charge on any atom is -0.388 e. The number of nitrogens with zero attached hydrogens (tertiary/aromatic N) is 4. The third-order valence-corrected chi connectivity index (χ3v) is 4.12. The summed E-state index contributed by atoms with van der Waals surface area (Å²) in [6.45, 7) is 2.72. The van der Waals surface area contributed by atoms with Crippen molar-refractivity contribution in [1.82, 2.24) is 19.7 Å². The van der Waals surface area contributed by atoms with E-state index in [2.05, 4.69) is 22.1 Å². The molecule has 0 aliphatic heterocycles. The second kappa shape index (κ2) is 7.26. The van der Waals surface area contributed by atoms with E-state index in [-0.39, 0.29) is 6.61 Å². The van der Waals surface area contributed by atoms with Crippen LogP contribution in [0.3, 0.4) is 0 Å². The highest BCUT2D eigenvalue weighted by Gasteiger charge is 2.12. The van der Waals surface area contributed by atoms with Gasteiger partial charge in [-0.25, -0.2) is 0 Å². The lowest BCUT2D eigenvalue weighted by molar-refractivity contribution is 0.263. The summed E-state index contributed by atoms with van der Waals surface area (Å²) < 4.78 is 1.91. The van der Waals surface area contributed by atoms with Crippen molar-refractivity contribution in [3.05, 3.63) is 33.8 Å². The van der Waals surface area contributed by atoms with Crippen LogP contribution in [0.25, 0.3) is 0 Å². The smallest absolute Gasteiger partial charge is 0.191 e. The molecule has 1 N–H and O–H groups in total. The van der Waals surface area contributed by atoms with E-state index in [9.17, 15) is 5.11 Å². The largest absolute Gasteiger partial charge is 0.388 e. The van der Waals surface area contributed by atoms with Gasteiger partial charge in [0.25, 0.3) is 0 Å². The zero-order chi connectivity index (χ0) is 14.5. The van der Waals surface area contributed by atoms with E-state index < -0.39 is 0 Å². The molecule has 20 heavy (non-hydrogen) atoms. The minimum atomic E-state index is -0.118. The fourth-order valence-electron chi connectivity index (χ4n) is 1.67. The number of aliphatic hydroxyl groups excluding tert-OH is 1. The predicted molar refractivity (Wildman–Crippen MR) is 80.1 cm³/mol. The predicted octanol–water partition coefficient (Wildman–Crippen LogP) is 3.17. The Morgan fingerprint density at radius 3 is 2.80 bits per heavy atom. The molecular formula is C12H14Cl2N4OS. The van der Waals surface area contributed by atoms with Crippen molar-refractivity contribution in [1.29, 1.82) is 0 Å². The molecule has 0 radical (unpaired) electrons. The molecule has 108 valence electrons. The van der Waals surface area contributed by atoms with Crippen LogP contribution in [0.4, 0.5) is 0 Å². The van der Waals surface area contributed by atoms with Gasteiger partial charge in [-0.15, -0.1) is 10.2 Å². The van der Waals surface area contributed by atoms with Crippen LogP contribution in [-0.4, -0.2) is 24.9 Å². The van der Waals surface area contributed by atoms with E-state index in [1.54, 1.807) is 12.3 Å². The normalized spacial score (nSPS) is 11.0. The van der Waals surface area contributed by atoms with Crippen molar-refractivity contribution >= 4 is 35.0 Å². The molecule has 0 spiro atoms. The highest BCUT2D eigenvalue weighted by molar-refractivity contribution is 7.98. The molecule has 0 bridgehead atoms. The fraction of sp³-hybridized carbons (Fsp3) is 0.417. The first kappa shape index (κ1) is 15.6. The van der Waals surface area contributed by atoms with E-state index in [4.69, 9.17) is 23.2 Å². The number of hydrogen-bond donors (Lipinski definition) is 1. The van der Waals surface area contributed by atoms with E-state index in [1.807, 2.05) is 4.57 Å². The highest BCUT2D eigenvalue weighted by Crippen LogP contribution is 2.26. The molecule has 0 aliphatic rings. The first-order valence-corrected chi connectivity index (χ1v) is 7.85. The fourth-order valence-corrected chi connectivity index (χ4v) is 3.15. The van der Waals surface area contributed by atoms with Crippen LogP contribution in [0.1, 0.15) is 24.9 Å². The van der Waals surface area contributed by atoms with Gasteiger partial charge >= 0.3 is 0 Å². The molecule has 2 heterocycles. The number of pyridine rings is 1. The van der Waals surface area contributed by atoms with E-state index in [1.165, 1.54) is 11.8 Å². The lowest BCUT2D eigenvalue weighted by Crippen LogP contribution is -2.05. The molecule has 0 unspecified atom stereocenters. The van der Waals surface area contributed by atoms with Gasteiger partial charge in [-0.1, -0.05) is 41.9 Å². The van der Waals surface area contributed by atoms with Crippen molar-refractivity contribution in [2.75, 3.05) is 0 Å². The first-order valence-electron chi connectivity index (χ1n) is 6.11. The zero-order valence-corrected chi connectivity index (χ0v) is 13.2. The summed E-state index contributed by atoms with van der Waals surface area (Å²) in [6.07, 6.45) is 2.51. The number of hydrogen-bond acceptors (Lipinski definition) is 5. The molecule has 0 atom stereocenters. The van der Waals surface area contributed by atoms with Gasteiger partial charge in [0.05, 0.1) is 15.7 Å². The molecule has 2 aromatic rings. The van der Waals surface area contributed by atoms with Crippen molar-refractivity contribution in [2.24, 2.45) is 0 Å². The molecule has 0 aliphatic carbocycles. The van der Waals surface area contributed by atoms with Gasteiger partial charge in [-0.05, 0) is 12.5 Å². The Hall–Kier alpha value is -0.820. The number of aliphatic hydroxyl groups is 1. The van der Waals surface area contributed by atoms with Gasteiger partial charge in [0, 0.05) is 18.5 Å². The maximum Gasteiger partial charge on any atom is 0.191 e. The Labute approximate surface area is 131 Å². The molecule has 5 nitrogen and oxygen atoms in total. The summed E-state index contributed by atoms with van der Waals surface area (Å²) in [5.41, 5.74) is 0.748. The third kappa shape index (κ3) is 3.63. The SMILES string of the molecule is CCCn1c(CO)nnc1SCc1ncc(Cl)cc1Cl. The van der Waals surface area contributed by atoms with Crippen LogP contribution in [-0.2, 0) is 18.9 Å². The molecule has 8 heteroatoms. The third-order valence-electron chi connectivity index (χ3n) is 2.60. The topological polar surface area (TPSA) is 63.8 Å². The standard InChI is InChI=1S/C12H14Cl2N4OS/c1-2-3-18-11(6-19)16-17-12(18)20-7-10-9(14)4-8(13)5-15-10/h4-5,19H,2-3,6-7H2,1H3. The summed E-state index contributed by atoms with van der Waals surface area (Å²) in [5, 5.41) is 19.1. The summed E-state index contributed by atoms with van der Waals surface area (Å²) in [7, 11) is 0. The monoisotopic (exact) mass is 332 g/mol. The Morgan fingerprint density at radius 1 is 1.35 bits per heavy atom. The molecule has 2 aromatic heterocycles. The molecule has 0 amide bonds. The lowest BCUT2D eigenvalue weighted by Gasteiger charge is -2.07. The van der Waals surface area contributed by atoms with Crippen LogP contribution in [0.5, 0.6) is 0 Å². The summed E-state index contributed by atoms with van der Waals surface area (Å²) in [6, 6.07) is 1.67. The maximum atomic E-state index is 9.24. The van der Waals surface area contributed by atoms with Crippen molar-refractivity contribution in [3.63, 3.8) is 0 Å². The summed E-state index contributed by atoms with van der Waals surface area (Å²) in [4.78, 5) is 4.20. The van der Waals surface area contributed by atoms with Crippen LogP contribution >= 0.6 is 35.0 Å². The average Bonchev–Trinajstić information content (AvgIpc) is 2.81. The summed E-state index contributed by atoms with van der Waals surface area (Å²) in [5.74, 6) is 1.15. The molecule has 0 aromatic carbocycles. The van der Waals surface area contributed by atoms with Gasteiger partial charge in [-0.3, -0.25) is 4.98 Å². The van der Waals surface area contributed by atoms with Crippen molar-refractivity contribution in [3.8, 4) is 0 Å². The summed E-state index contributed by atoms with van der Waals surface area (Å²) >= 11 is 13.4. The average molecular weight is 333 g/mol. The minimum absolute atomic E-state index is 0.118. The van der Waals surface area contributed by atoms with Gasteiger partial charge in [0.1, 0.15) is 6.61 Å².